The lowest BCUT2D eigenvalue weighted by Gasteiger charge is -2.57. The zero-order valence-corrected chi connectivity index (χ0v) is 11.5. The van der Waals surface area contributed by atoms with Crippen LogP contribution in [0.1, 0.15) is 49.7 Å². The Bertz CT molecular complexity index is 422. The topological polar surface area (TPSA) is 0 Å². The molecular weight excluding hydrogens is 216 g/mol. The van der Waals surface area contributed by atoms with Gasteiger partial charge in [-0.05, 0) is 86.2 Å². The molecule has 18 heavy (non-hydrogen) atoms. The highest BCUT2D eigenvalue weighted by molar-refractivity contribution is 5.27. The summed E-state index contributed by atoms with van der Waals surface area (Å²) < 4.78 is 0. The molecule has 0 radical (unpaired) electrons. The van der Waals surface area contributed by atoms with Gasteiger partial charge in [-0.25, -0.2) is 0 Å². The van der Waals surface area contributed by atoms with Gasteiger partial charge in [0.2, 0.25) is 0 Å². The lowest BCUT2D eigenvalue weighted by molar-refractivity contribution is -0.0522. The summed E-state index contributed by atoms with van der Waals surface area (Å²) in [5.41, 5.74) is 3.83. The molecule has 0 amide bonds. The summed E-state index contributed by atoms with van der Waals surface area (Å²) in [7, 11) is 0. The molecule has 5 rings (SSSR count). The number of aryl methyl sites for hydroxylation is 1. The van der Waals surface area contributed by atoms with Crippen molar-refractivity contribution in [2.24, 2.45) is 23.2 Å². The Morgan fingerprint density at radius 1 is 0.944 bits per heavy atom. The van der Waals surface area contributed by atoms with Gasteiger partial charge in [-0.3, -0.25) is 0 Å². The summed E-state index contributed by atoms with van der Waals surface area (Å²) in [5, 5.41) is 0. The van der Waals surface area contributed by atoms with Crippen LogP contribution in [0.5, 0.6) is 0 Å². The molecule has 4 aliphatic rings. The second-order valence-corrected chi connectivity index (χ2v) is 7.52. The molecule has 4 bridgehead atoms. The fourth-order valence-electron chi connectivity index (χ4n) is 5.72. The summed E-state index contributed by atoms with van der Waals surface area (Å²) in [4.78, 5) is 0. The van der Waals surface area contributed by atoms with E-state index >= 15 is 0 Å². The van der Waals surface area contributed by atoms with Crippen molar-refractivity contribution in [1.29, 1.82) is 0 Å². The van der Waals surface area contributed by atoms with E-state index in [9.17, 15) is 0 Å². The van der Waals surface area contributed by atoms with Crippen LogP contribution in [0, 0.1) is 30.1 Å². The van der Waals surface area contributed by atoms with Crippen molar-refractivity contribution >= 4 is 0 Å². The van der Waals surface area contributed by atoms with E-state index in [4.69, 9.17) is 0 Å². The number of hydrogen-bond donors (Lipinski definition) is 0. The quantitative estimate of drug-likeness (QED) is 0.699. The van der Waals surface area contributed by atoms with Crippen molar-refractivity contribution in [1.82, 2.24) is 0 Å². The summed E-state index contributed by atoms with van der Waals surface area (Å²) >= 11 is 0. The normalized spacial score (nSPS) is 41.3. The molecule has 1 aromatic rings. The van der Waals surface area contributed by atoms with Gasteiger partial charge >= 0.3 is 0 Å². The van der Waals surface area contributed by atoms with Crippen LogP contribution in [0.15, 0.2) is 24.3 Å². The van der Waals surface area contributed by atoms with Gasteiger partial charge in [0, 0.05) is 0 Å². The molecule has 0 heterocycles. The molecule has 0 unspecified atom stereocenters. The number of rotatable bonds is 2. The molecule has 96 valence electrons. The molecule has 0 aliphatic heterocycles. The molecule has 0 nitrogen and oxygen atoms in total. The van der Waals surface area contributed by atoms with Crippen LogP contribution in [0.3, 0.4) is 0 Å². The summed E-state index contributed by atoms with van der Waals surface area (Å²) in [6, 6.07) is 9.06. The number of hydrogen-bond acceptors (Lipinski definition) is 0. The van der Waals surface area contributed by atoms with Gasteiger partial charge in [-0.1, -0.05) is 24.3 Å². The summed E-state index contributed by atoms with van der Waals surface area (Å²) in [6.45, 7) is 2.29. The zero-order chi connectivity index (χ0) is 12.2. The monoisotopic (exact) mass is 240 g/mol. The molecule has 0 heteroatoms. The maximum Gasteiger partial charge on any atom is -0.0219 e. The molecule has 4 saturated carbocycles. The van der Waals surface area contributed by atoms with Gasteiger partial charge in [0.25, 0.3) is 0 Å². The van der Waals surface area contributed by atoms with Crippen LogP contribution in [-0.2, 0) is 6.42 Å². The third-order valence-corrected chi connectivity index (χ3v) is 5.99. The van der Waals surface area contributed by atoms with E-state index in [0.29, 0.717) is 5.41 Å². The van der Waals surface area contributed by atoms with E-state index in [1.807, 2.05) is 0 Å². The first-order chi connectivity index (χ1) is 8.72. The first-order valence-corrected chi connectivity index (χ1v) is 7.77. The highest BCUT2D eigenvalue weighted by Gasteiger charge is 2.50. The average molecular weight is 240 g/mol. The second kappa shape index (κ2) is 3.85. The molecule has 0 spiro atoms. The van der Waals surface area contributed by atoms with E-state index in [0.717, 1.165) is 17.8 Å². The van der Waals surface area contributed by atoms with Crippen LogP contribution in [0.25, 0.3) is 0 Å². The lowest BCUT2D eigenvalue weighted by atomic mass is 9.48. The fourth-order valence-corrected chi connectivity index (χ4v) is 5.72. The second-order valence-electron chi connectivity index (χ2n) is 7.52. The smallest absolute Gasteiger partial charge is 0.0219 e. The largest absolute Gasteiger partial charge is 0.0620 e. The Hall–Kier alpha value is -0.780. The summed E-state index contributed by atoms with van der Waals surface area (Å²) in [6.07, 6.45) is 10.7. The van der Waals surface area contributed by atoms with Crippen LogP contribution < -0.4 is 0 Å². The molecule has 0 atom stereocenters. The van der Waals surface area contributed by atoms with E-state index in [1.54, 1.807) is 24.8 Å². The van der Waals surface area contributed by atoms with Gasteiger partial charge in [-0.15, -0.1) is 0 Å². The van der Waals surface area contributed by atoms with E-state index < -0.39 is 0 Å². The standard InChI is InChI=1S/C18H24/c1-13-4-2-3-5-17(13)12-18-9-14-6-15(10-18)8-16(7-14)11-18/h2-5,14-16H,6-12H2,1H3. The zero-order valence-electron chi connectivity index (χ0n) is 11.5. The predicted octanol–water partition coefficient (Wildman–Crippen LogP) is 4.75. The molecule has 4 fully saturated rings. The third-order valence-electron chi connectivity index (χ3n) is 5.99. The van der Waals surface area contributed by atoms with Gasteiger partial charge in [0.05, 0.1) is 0 Å². The Morgan fingerprint density at radius 2 is 1.50 bits per heavy atom. The molecule has 1 aromatic carbocycles. The molecule has 0 saturated heterocycles. The van der Waals surface area contributed by atoms with Gasteiger partial charge in [-0.2, -0.15) is 0 Å². The van der Waals surface area contributed by atoms with E-state index in [2.05, 4.69) is 31.2 Å². The third kappa shape index (κ3) is 1.73. The highest BCUT2D eigenvalue weighted by Crippen LogP contribution is 2.61. The Labute approximate surface area is 111 Å². The van der Waals surface area contributed by atoms with E-state index in [1.165, 1.54) is 31.2 Å². The van der Waals surface area contributed by atoms with Crippen molar-refractivity contribution in [3.05, 3.63) is 35.4 Å². The maximum absolute atomic E-state index is 2.37. The Kier molecular flexibility index (Phi) is 2.37. The van der Waals surface area contributed by atoms with Gasteiger partial charge in [0.15, 0.2) is 0 Å². The minimum absolute atomic E-state index is 0.695. The fraction of sp³-hybridized carbons (Fsp3) is 0.667. The molecule has 0 aromatic heterocycles. The molecule has 4 aliphatic carbocycles. The Morgan fingerprint density at radius 3 is 2.06 bits per heavy atom. The maximum atomic E-state index is 2.37. The average Bonchev–Trinajstić information content (AvgIpc) is 2.30. The minimum atomic E-state index is 0.695. The SMILES string of the molecule is Cc1ccccc1CC12CC3CC(CC(C3)C1)C2. The van der Waals surface area contributed by atoms with Gasteiger partial charge in [0.1, 0.15) is 0 Å². The predicted molar refractivity (Wildman–Crippen MR) is 75.5 cm³/mol. The minimum Gasteiger partial charge on any atom is -0.0620 e. The number of benzene rings is 1. The van der Waals surface area contributed by atoms with Crippen molar-refractivity contribution < 1.29 is 0 Å². The summed E-state index contributed by atoms with van der Waals surface area (Å²) in [5.74, 6) is 3.25. The lowest BCUT2D eigenvalue weighted by Crippen LogP contribution is -2.47. The van der Waals surface area contributed by atoms with Crippen molar-refractivity contribution in [2.75, 3.05) is 0 Å². The van der Waals surface area contributed by atoms with Crippen molar-refractivity contribution in [2.45, 2.75) is 51.9 Å². The van der Waals surface area contributed by atoms with Crippen molar-refractivity contribution in [3.63, 3.8) is 0 Å². The van der Waals surface area contributed by atoms with Crippen molar-refractivity contribution in [3.8, 4) is 0 Å². The van der Waals surface area contributed by atoms with E-state index in [-0.39, 0.29) is 0 Å². The molecular formula is C18H24. The van der Waals surface area contributed by atoms with Gasteiger partial charge < -0.3 is 0 Å². The first-order valence-electron chi connectivity index (χ1n) is 7.77. The first kappa shape index (κ1) is 11.1. The highest BCUT2D eigenvalue weighted by atomic mass is 14.6. The van der Waals surface area contributed by atoms with Crippen LogP contribution in [0.2, 0.25) is 0 Å². The van der Waals surface area contributed by atoms with Crippen LogP contribution >= 0.6 is 0 Å². The van der Waals surface area contributed by atoms with Crippen LogP contribution in [0.4, 0.5) is 0 Å². The Balaban J connectivity index is 1.63. The molecule has 0 N–H and O–H groups in total. The van der Waals surface area contributed by atoms with Crippen LogP contribution in [-0.4, -0.2) is 0 Å².